The largest absolute Gasteiger partial charge is 0.326 e. The third-order valence-corrected chi connectivity index (χ3v) is 6.84. The zero-order valence-corrected chi connectivity index (χ0v) is 18.3. The third-order valence-electron chi connectivity index (χ3n) is 6.84. The maximum atomic E-state index is 12.8. The number of benzene rings is 3. The number of carbonyl (C=O) groups excluding carboxylic acids is 1. The Morgan fingerprint density at radius 3 is 2.58 bits per heavy atom. The normalized spacial score (nSPS) is 21.8. The lowest BCUT2D eigenvalue weighted by atomic mass is 10.0. The molecule has 0 aromatic heterocycles. The fourth-order valence-electron chi connectivity index (χ4n) is 4.69. The molecule has 0 unspecified atom stereocenters. The van der Waals surface area contributed by atoms with E-state index in [4.69, 9.17) is 0 Å². The van der Waals surface area contributed by atoms with Crippen LogP contribution in [-0.2, 0) is 11.2 Å². The van der Waals surface area contributed by atoms with Gasteiger partial charge in [0, 0.05) is 44.3 Å². The van der Waals surface area contributed by atoms with E-state index in [0.717, 1.165) is 51.3 Å². The molecule has 1 N–H and O–H groups in total. The molecule has 1 aliphatic carbocycles. The highest BCUT2D eigenvalue weighted by atomic mass is 16.2. The Morgan fingerprint density at radius 2 is 1.74 bits per heavy atom. The molecule has 4 nitrogen and oxygen atoms in total. The van der Waals surface area contributed by atoms with Gasteiger partial charge in [0.2, 0.25) is 5.91 Å². The van der Waals surface area contributed by atoms with Gasteiger partial charge in [-0.05, 0) is 59.8 Å². The van der Waals surface area contributed by atoms with Crippen LogP contribution in [0.5, 0.6) is 0 Å². The van der Waals surface area contributed by atoms with E-state index < -0.39 is 0 Å². The van der Waals surface area contributed by atoms with Gasteiger partial charge in [0.25, 0.3) is 0 Å². The van der Waals surface area contributed by atoms with Gasteiger partial charge in [-0.1, -0.05) is 54.6 Å². The van der Waals surface area contributed by atoms with Crippen LogP contribution in [0.4, 0.5) is 5.69 Å². The van der Waals surface area contributed by atoms with E-state index >= 15 is 0 Å². The second-order valence-electron chi connectivity index (χ2n) is 9.14. The first-order chi connectivity index (χ1) is 15.2. The van der Waals surface area contributed by atoms with E-state index in [-0.39, 0.29) is 11.8 Å². The van der Waals surface area contributed by atoms with Crippen molar-refractivity contribution in [1.82, 2.24) is 9.80 Å². The Labute approximate surface area is 184 Å². The standard InChI is InChI=1S/C27H31N3O/c1-29-13-15-30(16-14-29)12-11-20-5-4-8-24(17-20)28-27(31)26-19-25(26)23-10-9-21-6-2-3-7-22(21)18-23/h2-10,17-18,25-26H,11-16,19H2,1H3,(H,28,31)/t25-,26+/m0/s1. The van der Waals surface area contributed by atoms with E-state index in [9.17, 15) is 4.79 Å². The molecule has 1 heterocycles. The second kappa shape index (κ2) is 8.81. The average Bonchev–Trinajstić information content (AvgIpc) is 3.60. The maximum absolute atomic E-state index is 12.8. The summed E-state index contributed by atoms with van der Waals surface area (Å²) in [6.07, 6.45) is 1.96. The average molecular weight is 414 g/mol. The molecule has 160 valence electrons. The number of likely N-dealkylation sites (N-methyl/N-ethyl adjacent to an activating group) is 1. The van der Waals surface area contributed by atoms with Gasteiger partial charge >= 0.3 is 0 Å². The van der Waals surface area contributed by atoms with Gasteiger partial charge in [-0.15, -0.1) is 0 Å². The predicted octanol–water partition coefficient (Wildman–Crippen LogP) is 4.37. The maximum Gasteiger partial charge on any atom is 0.228 e. The minimum absolute atomic E-state index is 0.0788. The minimum atomic E-state index is 0.0788. The van der Waals surface area contributed by atoms with Crippen LogP contribution >= 0.6 is 0 Å². The Balaban J connectivity index is 1.17. The zero-order valence-electron chi connectivity index (χ0n) is 18.3. The third kappa shape index (κ3) is 4.81. The Kier molecular flexibility index (Phi) is 5.75. The number of nitrogens with zero attached hydrogens (tertiary/aromatic N) is 2. The predicted molar refractivity (Wildman–Crippen MR) is 128 cm³/mol. The topological polar surface area (TPSA) is 35.6 Å². The quantitative estimate of drug-likeness (QED) is 0.652. The van der Waals surface area contributed by atoms with E-state index in [0.29, 0.717) is 5.92 Å². The van der Waals surface area contributed by atoms with Gasteiger partial charge < -0.3 is 15.1 Å². The number of piperazine rings is 1. The molecular weight excluding hydrogens is 382 g/mol. The molecule has 1 saturated heterocycles. The first-order valence-electron chi connectivity index (χ1n) is 11.4. The van der Waals surface area contributed by atoms with Crippen molar-refractivity contribution >= 4 is 22.4 Å². The molecule has 2 aliphatic rings. The van der Waals surface area contributed by atoms with Crippen LogP contribution in [0.15, 0.2) is 66.7 Å². The molecule has 1 amide bonds. The van der Waals surface area contributed by atoms with Crippen molar-refractivity contribution in [1.29, 1.82) is 0 Å². The molecule has 0 bridgehead atoms. The SMILES string of the molecule is CN1CCN(CCc2cccc(NC(=O)[C@@H]3C[C@H]3c3ccc4ccccc4c3)c2)CC1. The second-order valence-corrected chi connectivity index (χ2v) is 9.14. The van der Waals surface area contributed by atoms with Gasteiger partial charge in [-0.2, -0.15) is 0 Å². The summed E-state index contributed by atoms with van der Waals surface area (Å²) in [7, 11) is 2.19. The number of carbonyl (C=O) groups is 1. The van der Waals surface area contributed by atoms with Crippen molar-refractivity contribution < 1.29 is 4.79 Å². The lowest BCUT2D eigenvalue weighted by molar-refractivity contribution is -0.117. The summed E-state index contributed by atoms with van der Waals surface area (Å²) in [5, 5.41) is 5.67. The fraction of sp³-hybridized carbons (Fsp3) is 0.370. The molecule has 2 fully saturated rings. The van der Waals surface area contributed by atoms with Crippen molar-refractivity contribution in [3.05, 3.63) is 77.9 Å². The van der Waals surface area contributed by atoms with Crippen LogP contribution < -0.4 is 5.32 Å². The Morgan fingerprint density at radius 1 is 0.935 bits per heavy atom. The van der Waals surface area contributed by atoms with Crippen LogP contribution in [-0.4, -0.2) is 55.5 Å². The Bertz CT molecular complexity index is 1070. The first kappa shape index (κ1) is 20.2. The van der Waals surface area contributed by atoms with Crippen molar-refractivity contribution in [2.45, 2.75) is 18.8 Å². The number of hydrogen-bond acceptors (Lipinski definition) is 3. The van der Waals surface area contributed by atoms with Crippen LogP contribution in [0.25, 0.3) is 10.8 Å². The van der Waals surface area contributed by atoms with Crippen LogP contribution in [0, 0.1) is 5.92 Å². The summed E-state index contributed by atoms with van der Waals surface area (Å²) in [6.45, 7) is 5.67. The van der Waals surface area contributed by atoms with E-state index in [2.05, 4.69) is 82.8 Å². The van der Waals surface area contributed by atoms with Crippen molar-refractivity contribution in [2.24, 2.45) is 5.92 Å². The molecule has 2 atom stereocenters. The van der Waals surface area contributed by atoms with Crippen molar-refractivity contribution in [2.75, 3.05) is 45.1 Å². The number of rotatable bonds is 6. The van der Waals surface area contributed by atoms with E-state index in [1.807, 2.05) is 6.07 Å². The van der Waals surface area contributed by atoms with E-state index in [1.54, 1.807) is 0 Å². The first-order valence-corrected chi connectivity index (χ1v) is 11.4. The summed E-state index contributed by atoms with van der Waals surface area (Å²) in [5.41, 5.74) is 3.49. The smallest absolute Gasteiger partial charge is 0.228 e. The summed E-state index contributed by atoms with van der Waals surface area (Å²) in [4.78, 5) is 17.8. The molecule has 5 rings (SSSR count). The molecular formula is C27H31N3O. The fourth-order valence-corrected chi connectivity index (χ4v) is 4.69. The molecule has 0 spiro atoms. The van der Waals surface area contributed by atoms with Gasteiger partial charge in [-0.25, -0.2) is 0 Å². The molecule has 3 aromatic rings. The van der Waals surface area contributed by atoms with Crippen LogP contribution in [0.3, 0.4) is 0 Å². The van der Waals surface area contributed by atoms with Gasteiger partial charge in [0.15, 0.2) is 0 Å². The molecule has 31 heavy (non-hydrogen) atoms. The van der Waals surface area contributed by atoms with Gasteiger partial charge in [0.1, 0.15) is 0 Å². The highest BCUT2D eigenvalue weighted by Crippen LogP contribution is 2.48. The number of hydrogen-bond donors (Lipinski definition) is 1. The van der Waals surface area contributed by atoms with Crippen molar-refractivity contribution in [3.63, 3.8) is 0 Å². The summed E-state index contributed by atoms with van der Waals surface area (Å²) >= 11 is 0. The summed E-state index contributed by atoms with van der Waals surface area (Å²) in [5.74, 6) is 0.564. The monoisotopic (exact) mass is 413 g/mol. The molecule has 3 aromatic carbocycles. The number of nitrogens with one attached hydrogen (secondary N) is 1. The lowest BCUT2D eigenvalue weighted by Crippen LogP contribution is -2.45. The summed E-state index contributed by atoms with van der Waals surface area (Å²) < 4.78 is 0. The molecule has 1 aliphatic heterocycles. The molecule has 1 saturated carbocycles. The molecule has 4 heteroatoms. The number of anilines is 1. The highest BCUT2D eigenvalue weighted by molar-refractivity contribution is 5.95. The van der Waals surface area contributed by atoms with Gasteiger partial charge in [0.05, 0.1) is 0 Å². The van der Waals surface area contributed by atoms with Gasteiger partial charge in [-0.3, -0.25) is 4.79 Å². The summed E-state index contributed by atoms with van der Waals surface area (Å²) in [6, 6.07) is 23.4. The lowest BCUT2D eigenvalue weighted by Gasteiger charge is -2.32. The zero-order chi connectivity index (χ0) is 21.2. The number of amides is 1. The van der Waals surface area contributed by atoms with Crippen LogP contribution in [0.2, 0.25) is 0 Å². The minimum Gasteiger partial charge on any atom is -0.326 e. The Hall–Kier alpha value is -2.69. The molecule has 0 radical (unpaired) electrons. The highest BCUT2D eigenvalue weighted by Gasteiger charge is 2.44. The number of fused-ring (bicyclic) bond motifs is 1. The van der Waals surface area contributed by atoms with Crippen molar-refractivity contribution in [3.8, 4) is 0 Å². The van der Waals surface area contributed by atoms with E-state index in [1.165, 1.54) is 21.9 Å². The van der Waals surface area contributed by atoms with Crippen LogP contribution in [0.1, 0.15) is 23.5 Å².